The number of carbonyl (C=O) groups excluding carboxylic acids is 1. The van der Waals surface area contributed by atoms with E-state index in [0.29, 0.717) is 18.1 Å². The smallest absolute Gasteiger partial charge is 0.358 e. The summed E-state index contributed by atoms with van der Waals surface area (Å²) in [5.74, 6) is 0.116. The largest absolute Gasteiger partial charge is 0.461 e. The lowest BCUT2D eigenvalue weighted by atomic mass is 10.3. The number of carbonyl (C=O) groups is 1. The maximum atomic E-state index is 11.5. The van der Waals surface area contributed by atoms with Crippen molar-refractivity contribution in [3.8, 4) is 0 Å². The Morgan fingerprint density at radius 2 is 2.19 bits per heavy atom. The molecule has 0 saturated carbocycles. The lowest BCUT2D eigenvalue weighted by molar-refractivity contribution is 0.0520. The molecule has 0 N–H and O–H groups in total. The van der Waals surface area contributed by atoms with E-state index in [4.69, 9.17) is 4.74 Å². The molecule has 0 fully saturated rings. The van der Waals surface area contributed by atoms with Crippen LogP contribution in [0.5, 0.6) is 0 Å². The summed E-state index contributed by atoms with van der Waals surface area (Å²) in [6.45, 7) is 5.95. The normalized spacial score (nSPS) is 10.7. The third-order valence-corrected chi connectivity index (χ3v) is 2.25. The molecule has 84 valence electrons. The van der Waals surface area contributed by atoms with Gasteiger partial charge in [-0.1, -0.05) is 0 Å². The number of esters is 1. The molecule has 0 aliphatic heterocycles. The molecule has 2 heterocycles. The summed E-state index contributed by atoms with van der Waals surface area (Å²) >= 11 is 0. The summed E-state index contributed by atoms with van der Waals surface area (Å²) < 4.78 is 6.66. The van der Waals surface area contributed by atoms with E-state index < -0.39 is 5.97 Å². The Morgan fingerprint density at radius 1 is 1.44 bits per heavy atom. The van der Waals surface area contributed by atoms with E-state index in [1.54, 1.807) is 17.5 Å². The Morgan fingerprint density at radius 3 is 2.88 bits per heavy atom. The van der Waals surface area contributed by atoms with Crippen molar-refractivity contribution in [2.45, 2.75) is 20.8 Å². The predicted octanol–water partition coefficient (Wildman–Crippen LogP) is 1.52. The molecule has 5 heteroatoms. The van der Waals surface area contributed by atoms with Gasteiger partial charge in [-0.25, -0.2) is 14.8 Å². The molecule has 16 heavy (non-hydrogen) atoms. The molecular formula is C11H13N3O2. The van der Waals surface area contributed by atoms with Crippen molar-refractivity contribution >= 4 is 11.7 Å². The van der Waals surface area contributed by atoms with Gasteiger partial charge in [0, 0.05) is 17.6 Å². The third-order valence-electron chi connectivity index (χ3n) is 2.25. The number of hydrogen-bond acceptors (Lipinski definition) is 4. The van der Waals surface area contributed by atoms with Crippen molar-refractivity contribution in [1.82, 2.24) is 14.4 Å². The number of rotatable bonds is 2. The van der Waals surface area contributed by atoms with Crippen LogP contribution in [0.3, 0.4) is 0 Å². The Kier molecular flexibility index (Phi) is 2.60. The quantitative estimate of drug-likeness (QED) is 0.718. The van der Waals surface area contributed by atoms with Gasteiger partial charge in [-0.3, -0.25) is 4.40 Å². The second kappa shape index (κ2) is 3.92. The molecular weight excluding hydrogens is 206 g/mol. The SMILES string of the molecule is CCOC(=O)c1cn2c(C)cc(C)nc2n1. The fourth-order valence-corrected chi connectivity index (χ4v) is 1.57. The standard InChI is InChI=1S/C11H13N3O2/c1-4-16-10(15)9-6-14-8(3)5-7(2)12-11(14)13-9/h5-6H,4H2,1-3H3. The Labute approximate surface area is 93.1 Å². The molecule has 2 aromatic heterocycles. The maximum absolute atomic E-state index is 11.5. The highest BCUT2D eigenvalue weighted by atomic mass is 16.5. The van der Waals surface area contributed by atoms with Crippen molar-refractivity contribution in [2.75, 3.05) is 6.61 Å². The molecule has 0 aliphatic rings. The summed E-state index contributed by atoms with van der Waals surface area (Å²) in [6.07, 6.45) is 1.65. The minimum atomic E-state index is -0.412. The van der Waals surface area contributed by atoms with E-state index >= 15 is 0 Å². The number of nitrogens with zero attached hydrogens (tertiary/aromatic N) is 3. The summed E-state index contributed by atoms with van der Waals surface area (Å²) in [4.78, 5) is 19.9. The van der Waals surface area contributed by atoms with Gasteiger partial charge >= 0.3 is 5.97 Å². The van der Waals surface area contributed by atoms with Crippen LogP contribution >= 0.6 is 0 Å². The van der Waals surface area contributed by atoms with Gasteiger partial charge < -0.3 is 4.74 Å². The van der Waals surface area contributed by atoms with Crippen LogP contribution in [-0.4, -0.2) is 26.9 Å². The van der Waals surface area contributed by atoms with Crippen LogP contribution in [0.4, 0.5) is 0 Å². The molecule has 0 unspecified atom stereocenters. The summed E-state index contributed by atoms with van der Waals surface area (Å²) in [5.41, 5.74) is 2.17. The summed E-state index contributed by atoms with van der Waals surface area (Å²) in [5, 5.41) is 0. The Bertz CT molecular complexity index is 545. The zero-order valence-electron chi connectivity index (χ0n) is 9.52. The van der Waals surface area contributed by atoms with Crippen molar-refractivity contribution in [3.63, 3.8) is 0 Å². The Balaban J connectivity index is 2.51. The number of ether oxygens (including phenoxy) is 1. The zero-order chi connectivity index (χ0) is 11.7. The minimum Gasteiger partial charge on any atom is -0.461 e. The van der Waals surface area contributed by atoms with Crippen LogP contribution in [0.2, 0.25) is 0 Å². The third kappa shape index (κ3) is 1.76. The van der Waals surface area contributed by atoms with E-state index in [1.165, 1.54) is 0 Å². The van der Waals surface area contributed by atoms with Gasteiger partial charge in [0.25, 0.3) is 0 Å². The highest BCUT2D eigenvalue weighted by Crippen LogP contribution is 2.09. The van der Waals surface area contributed by atoms with Crippen LogP contribution in [0.25, 0.3) is 5.78 Å². The lowest BCUT2D eigenvalue weighted by Crippen LogP contribution is -2.04. The van der Waals surface area contributed by atoms with E-state index in [-0.39, 0.29) is 0 Å². The average Bonchev–Trinajstić information content (AvgIpc) is 2.62. The first-order valence-electron chi connectivity index (χ1n) is 5.12. The molecule has 0 bridgehead atoms. The van der Waals surface area contributed by atoms with Gasteiger partial charge in [-0.2, -0.15) is 0 Å². The molecule has 5 nitrogen and oxygen atoms in total. The van der Waals surface area contributed by atoms with E-state index in [0.717, 1.165) is 11.4 Å². The predicted molar refractivity (Wildman–Crippen MR) is 58.4 cm³/mol. The second-order valence-electron chi connectivity index (χ2n) is 3.56. The van der Waals surface area contributed by atoms with E-state index in [9.17, 15) is 4.79 Å². The molecule has 0 aliphatic carbocycles. The van der Waals surface area contributed by atoms with Gasteiger partial charge in [0.05, 0.1) is 6.61 Å². The van der Waals surface area contributed by atoms with Crippen LogP contribution in [-0.2, 0) is 4.74 Å². The number of fused-ring (bicyclic) bond motifs is 1. The number of aryl methyl sites for hydroxylation is 2. The van der Waals surface area contributed by atoms with Gasteiger partial charge in [-0.05, 0) is 26.8 Å². The van der Waals surface area contributed by atoms with Crippen LogP contribution in [0.1, 0.15) is 28.8 Å². The minimum absolute atomic E-state index is 0.294. The first-order chi connectivity index (χ1) is 7.61. The van der Waals surface area contributed by atoms with Crippen molar-refractivity contribution in [3.05, 3.63) is 29.3 Å². The molecule has 0 radical (unpaired) electrons. The van der Waals surface area contributed by atoms with E-state index in [1.807, 2.05) is 19.9 Å². The first-order valence-corrected chi connectivity index (χ1v) is 5.12. The average molecular weight is 219 g/mol. The van der Waals surface area contributed by atoms with Gasteiger partial charge in [0.1, 0.15) is 0 Å². The van der Waals surface area contributed by atoms with Gasteiger partial charge in [0.15, 0.2) is 5.69 Å². The second-order valence-corrected chi connectivity index (χ2v) is 3.56. The highest BCUT2D eigenvalue weighted by molar-refractivity contribution is 5.87. The van der Waals surface area contributed by atoms with Crippen molar-refractivity contribution in [1.29, 1.82) is 0 Å². The Hall–Kier alpha value is -1.91. The molecule has 0 aromatic carbocycles. The summed E-state index contributed by atoms with van der Waals surface area (Å²) in [6, 6.07) is 1.93. The number of imidazole rings is 1. The zero-order valence-corrected chi connectivity index (χ0v) is 9.52. The lowest BCUT2D eigenvalue weighted by Gasteiger charge is -1.98. The molecule has 0 saturated heterocycles. The van der Waals surface area contributed by atoms with Crippen molar-refractivity contribution in [2.24, 2.45) is 0 Å². The monoisotopic (exact) mass is 219 g/mol. The number of aromatic nitrogens is 3. The van der Waals surface area contributed by atoms with Crippen LogP contribution in [0.15, 0.2) is 12.3 Å². The fraction of sp³-hybridized carbons (Fsp3) is 0.364. The maximum Gasteiger partial charge on any atom is 0.358 e. The fourth-order valence-electron chi connectivity index (χ4n) is 1.57. The molecule has 0 atom stereocenters. The van der Waals surface area contributed by atoms with Crippen molar-refractivity contribution < 1.29 is 9.53 Å². The van der Waals surface area contributed by atoms with Gasteiger partial charge in [-0.15, -0.1) is 0 Å². The molecule has 0 amide bonds. The summed E-state index contributed by atoms with van der Waals surface area (Å²) in [7, 11) is 0. The number of hydrogen-bond donors (Lipinski definition) is 0. The molecule has 2 rings (SSSR count). The highest BCUT2D eigenvalue weighted by Gasteiger charge is 2.13. The van der Waals surface area contributed by atoms with Gasteiger partial charge in [0.2, 0.25) is 5.78 Å². The molecule has 0 spiro atoms. The van der Waals surface area contributed by atoms with Crippen LogP contribution < -0.4 is 0 Å². The molecule has 2 aromatic rings. The van der Waals surface area contributed by atoms with Crippen LogP contribution in [0, 0.1) is 13.8 Å². The topological polar surface area (TPSA) is 56.5 Å². The first kappa shape index (κ1) is 10.6. The van der Waals surface area contributed by atoms with E-state index in [2.05, 4.69) is 9.97 Å².